The highest BCUT2D eigenvalue weighted by Crippen LogP contribution is 2.36. The monoisotopic (exact) mass is 264 g/mol. The van der Waals surface area contributed by atoms with Gasteiger partial charge in [-0.25, -0.2) is 0 Å². The second-order valence-electron chi connectivity index (χ2n) is 3.65. The minimum atomic E-state index is -0.397. The van der Waals surface area contributed by atoms with Gasteiger partial charge in [-0.2, -0.15) is 0 Å². The van der Waals surface area contributed by atoms with Gasteiger partial charge in [0.2, 0.25) is 18.3 Å². The lowest BCUT2D eigenvalue weighted by atomic mass is 10.3. The summed E-state index contributed by atoms with van der Waals surface area (Å²) in [5.74, 6) is -1.33. The highest BCUT2D eigenvalue weighted by molar-refractivity contribution is 5.50. The van der Waals surface area contributed by atoms with Gasteiger partial charge in [-0.1, -0.05) is 12.1 Å². The molecule has 6 heteroatoms. The molecule has 2 aromatic carbocycles. The maximum Gasteiger partial charge on any atom is 0.231 e. The minimum absolute atomic E-state index is 0.0413. The number of benzene rings is 2. The van der Waals surface area contributed by atoms with E-state index in [1.165, 1.54) is 36.4 Å². The Balaban J connectivity index is 2.00. The average molecular weight is 264 g/mol. The Kier molecular flexibility index (Phi) is 3.51. The average Bonchev–Trinajstić information content (AvgIpc) is 2.39. The first kappa shape index (κ1) is 12.7. The molecule has 0 fully saturated rings. The molecule has 0 aliphatic carbocycles. The summed E-state index contributed by atoms with van der Waals surface area (Å²) in [6.07, 6.45) is 0. The second-order valence-corrected chi connectivity index (χ2v) is 3.65. The summed E-state index contributed by atoms with van der Waals surface area (Å²) >= 11 is 0. The maximum absolute atomic E-state index is 9.47. The van der Waals surface area contributed by atoms with Crippen LogP contribution in [0.3, 0.4) is 0 Å². The van der Waals surface area contributed by atoms with E-state index in [1.54, 1.807) is 0 Å². The minimum Gasteiger partial charge on any atom is -0.504 e. The maximum atomic E-state index is 9.47. The zero-order valence-corrected chi connectivity index (χ0v) is 9.78. The molecule has 0 radical (unpaired) electrons. The molecule has 0 saturated heterocycles. The van der Waals surface area contributed by atoms with E-state index < -0.39 is 11.5 Å². The lowest BCUT2D eigenvalue weighted by Crippen LogP contribution is -2.05. The van der Waals surface area contributed by atoms with Gasteiger partial charge in [0.05, 0.1) is 0 Å². The van der Waals surface area contributed by atoms with Crippen molar-refractivity contribution < 1.29 is 29.9 Å². The summed E-state index contributed by atoms with van der Waals surface area (Å²) in [7, 11) is 0. The van der Waals surface area contributed by atoms with Crippen molar-refractivity contribution in [2.45, 2.75) is 0 Å². The van der Waals surface area contributed by atoms with Gasteiger partial charge in [-0.3, -0.25) is 0 Å². The lowest BCUT2D eigenvalue weighted by molar-refractivity contribution is 0.112. The molecule has 2 rings (SSSR count). The van der Waals surface area contributed by atoms with E-state index in [1.807, 2.05) is 0 Å². The normalized spacial score (nSPS) is 10.1. The van der Waals surface area contributed by atoms with Crippen LogP contribution in [0.15, 0.2) is 36.4 Å². The Morgan fingerprint density at radius 3 is 1.53 bits per heavy atom. The Morgan fingerprint density at radius 1 is 0.684 bits per heavy atom. The van der Waals surface area contributed by atoms with Crippen molar-refractivity contribution in [3.8, 4) is 34.5 Å². The quantitative estimate of drug-likeness (QED) is 0.497. The van der Waals surface area contributed by atoms with Crippen molar-refractivity contribution in [2.24, 2.45) is 0 Å². The highest BCUT2D eigenvalue weighted by Gasteiger charge is 2.09. The van der Waals surface area contributed by atoms with Crippen LogP contribution in [0.4, 0.5) is 0 Å². The van der Waals surface area contributed by atoms with Gasteiger partial charge in [0.15, 0.2) is 23.0 Å². The number of aromatic hydroxyl groups is 4. The molecule has 6 nitrogen and oxygen atoms in total. The number of hydrogen-bond acceptors (Lipinski definition) is 6. The fourth-order valence-corrected chi connectivity index (χ4v) is 1.41. The molecule has 0 heterocycles. The van der Waals surface area contributed by atoms with Crippen LogP contribution in [0.25, 0.3) is 0 Å². The Morgan fingerprint density at radius 2 is 1.11 bits per heavy atom. The third kappa shape index (κ3) is 2.74. The van der Waals surface area contributed by atoms with Gasteiger partial charge in [-0.05, 0) is 24.3 Å². The van der Waals surface area contributed by atoms with E-state index in [0.717, 1.165) is 0 Å². The Bertz CT molecular complexity index is 530. The van der Waals surface area contributed by atoms with Crippen LogP contribution in [0.2, 0.25) is 0 Å². The molecule has 0 aromatic heterocycles. The molecule has 19 heavy (non-hydrogen) atoms. The van der Waals surface area contributed by atoms with E-state index in [9.17, 15) is 20.4 Å². The first-order chi connectivity index (χ1) is 9.09. The standard InChI is InChI=1S/C13H12O6/c14-8-3-1-5-10(12(8)16)18-7-19-11-6-2-4-9(15)13(11)17/h1-6,14-17H,7H2. The summed E-state index contributed by atoms with van der Waals surface area (Å²) in [4.78, 5) is 0. The van der Waals surface area contributed by atoms with Crippen LogP contribution >= 0.6 is 0 Å². The first-order valence-corrected chi connectivity index (χ1v) is 5.37. The summed E-state index contributed by atoms with van der Waals surface area (Å²) in [5.41, 5.74) is 0. The highest BCUT2D eigenvalue weighted by atomic mass is 16.7. The van der Waals surface area contributed by atoms with Crippen molar-refractivity contribution in [1.29, 1.82) is 0 Å². The van der Waals surface area contributed by atoms with E-state index in [-0.39, 0.29) is 29.8 Å². The smallest absolute Gasteiger partial charge is 0.231 e. The van der Waals surface area contributed by atoms with Gasteiger partial charge in [-0.15, -0.1) is 0 Å². The largest absolute Gasteiger partial charge is 0.504 e. The van der Waals surface area contributed by atoms with Gasteiger partial charge in [0.25, 0.3) is 0 Å². The summed E-state index contributed by atoms with van der Waals surface area (Å²) in [6.45, 7) is -0.311. The van der Waals surface area contributed by atoms with Crippen LogP contribution in [0.1, 0.15) is 0 Å². The number of para-hydroxylation sites is 2. The Labute approximate surface area is 108 Å². The number of rotatable bonds is 4. The molecule has 0 atom stereocenters. The first-order valence-electron chi connectivity index (χ1n) is 5.37. The van der Waals surface area contributed by atoms with E-state index in [4.69, 9.17) is 9.47 Å². The second kappa shape index (κ2) is 5.26. The van der Waals surface area contributed by atoms with Crippen molar-refractivity contribution in [3.05, 3.63) is 36.4 Å². The summed E-state index contributed by atoms with van der Waals surface area (Å²) in [5, 5.41) is 37.5. The van der Waals surface area contributed by atoms with Gasteiger partial charge in [0, 0.05) is 0 Å². The molecule has 0 spiro atoms. The van der Waals surface area contributed by atoms with Crippen LogP contribution in [0, 0.1) is 0 Å². The van der Waals surface area contributed by atoms with Crippen molar-refractivity contribution >= 4 is 0 Å². The fourth-order valence-electron chi connectivity index (χ4n) is 1.41. The number of phenolic OH excluding ortho intramolecular Hbond substituents is 4. The molecule has 0 amide bonds. The van der Waals surface area contributed by atoms with Gasteiger partial charge in [0.1, 0.15) is 0 Å². The van der Waals surface area contributed by atoms with Crippen molar-refractivity contribution in [2.75, 3.05) is 6.79 Å². The predicted octanol–water partition coefficient (Wildman–Crippen LogP) is 1.92. The molecule has 0 bridgehead atoms. The number of hydrogen-bond donors (Lipinski definition) is 4. The van der Waals surface area contributed by atoms with Gasteiger partial charge >= 0.3 is 0 Å². The van der Waals surface area contributed by atoms with Crippen molar-refractivity contribution in [1.82, 2.24) is 0 Å². The molecule has 4 N–H and O–H groups in total. The molecule has 0 saturated carbocycles. The summed E-state index contributed by atoms with van der Waals surface area (Å²) in [6, 6.07) is 8.50. The lowest BCUT2D eigenvalue weighted by Gasteiger charge is -2.11. The molecule has 100 valence electrons. The Hall–Kier alpha value is -2.76. The molecular weight excluding hydrogens is 252 g/mol. The van der Waals surface area contributed by atoms with Gasteiger partial charge < -0.3 is 29.9 Å². The molecule has 0 aliphatic rings. The third-order valence-corrected chi connectivity index (χ3v) is 2.38. The van der Waals surface area contributed by atoms with E-state index in [0.29, 0.717) is 0 Å². The number of phenols is 4. The SMILES string of the molecule is Oc1cccc(OCOc2cccc(O)c2O)c1O. The van der Waals surface area contributed by atoms with Crippen molar-refractivity contribution in [3.63, 3.8) is 0 Å². The molecular formula is C13H12O6. The summed E-state index contributed by atoms with van der Waals surface area (Å²) < 4.78 is 10.2. The molecule has 0 unspecified atom stereocenters. The molecule has 0 aliphatic heterocycles. The zero-order valence-electron chi connectivity index (χ0n) is 9.78. The van der Waals surface area contributed by atoms with Crippen LogP contribution in [-0.2, 0) is 0 Å². The number of ether oxygens (including phenoxy) is 2. The third-order valence-electron chi connectivity index (χ3n) is 2.38. The van der Waals surface area contributed by atoms with Crippen LogP contribution < -0.4 is 9.47 Å². The van der Waals surface area contributed by atoms with Crippen LogP contribution in [0.5, 0.6) is 34.5 Å². The van der Waals surface area contributed by atoms with Crippen LogP contribution in [-0.4, -0.2) is 27.2 Å². The topological polar surface area (TPSA) is 99.4 Å². The predicted molar refractivity (Wildman–Crippen MR) is 65.7 cm³/mol. The molecule has 2 aromatic rings. The van der Waals surface area contributed by atoms with E-state index >= 15 is 0 Å². The zero-order chi connectivity index (χ0) is 13.8. The van der Waals surface area contributed by atoms with E-state index in [2.05, 4.69) is 0 Å². The fraction of sp³-hybridized carbons (Fsp3) is 0.0769.